The molecule has 2 unspecified atom stereocenters. The minimum Gasteiger partial charge on any atom is -0.373 e. The van der Waals surface area contributed by atoms with E-state index in [1.54, 1.807) is 6.07 Å². The number of piperidine rings is 1. The summed E-state index contributed by atoms with van der Waals surface area (Å²) in [6.45, 7) is 2.07. The van der Waals surface area contributed by atoms with Gasteiger partial charge in [0.2, 0.25) is 5.91 Å². The first-order valence-electron chi connectivity index (χ1n) is 9.13. The minimum absolute atomic E-state index is 0. The van der Waals surface area contributed by atoms with Gasteiger partial charge in [-0.1, -0.05) is 35.7 Å². The third-order valence-electron chi connectivity index (χ3n) is 5.29. The minimum atomic E-state index is 0. The lowest BCUT2D eigenvalue weighted by atomic mass is 9.85. The van der Waals surface area contributed by atoms with E-state index in [1.807, 2.05) is 17.0 Å². The number of amides is 1. The second-order valence-electron chi connectivity index (χ2n) is 7.21. The molecule has 1 heterocycles. The summed E-state index contributed by atoms with van der Waals surface area (Å²) in [5.41, 5.74) is 7.04. The van der Waals surface area contributed by atoms with Crippen LogP contribution in [-0.4, -0.2) is 36.0 Å². The largest absolute Gasteiger partial charge is 0.373 e. The molecule has 1 aromatic rings. The van der Waals surface area contributed by atoms with Crippen molar-refractivity contribution in [3.63, 3.8) is 0 Å². The number of hydrogen-bond acceptors (Lipinski definition) is 3. The van der Waals surface area contributed by atoms with Gasteiger partial charge in [0.15, 0.2) is 0 Å². The number of benzene rings is 1. The van der Waals surface area contributed by atoms with Gasteiger partial charge in [-0.25, -0.2) is 0 Å². The number of ether oxygens (including phenoxy) is 1. The number of halogens is 3. The van der Waals surface area contributed by atoms with E-state index in [-0.39, 0.29) is 36.4 Å². The van der Waals surface area contributed by atoms with E-state index in [9.17, 15) is 4.79 Å². The molecule has 0 aromatic heterocycles. The van der Waals surface area contributed by atoms with Crippen LogP contribution in [0.25, 0.3) is 0 Å². The van der Waals surface area contributed by atoms with Crippen LogP contribution in [0.5, 0.6) is 0 Å². The molecular formula is C19H27Cl3N2O2. The first kappa shape index (κ1) is 21.8. The summed E-state index contributed by atoms with van der Waals surface area (Å²) in [4.78, 5) is 14.7. The maximum absolute atomic E-state index is 12.7. The Morgan fingerprint density at radius 2 is 1.88 bits per heavy atom. The molecule has 1 amide bonds. The van der Waals surface area contributed by atoms with Gasteiger partial charge in [0.05, 0.1) is 22.8 Å². The lowest BCUT2D eigenvalue weighted by molar-refractivity contribution is -0.139. The number of hydrogen-bond donors (Lipinski definition) is 1. The summed E-state index contributed by atoms with van der Waals surface area (Å²) in [5.74, 6) is 0.413. The third kappa shape index (κ3) is 5.74. The standard InChI is InChI=1S/C19H26Cl2N2O2.ClH/c20-17-5-4-13(10-18(17)21)12-25-16-6-8-23(9-7-16)19(24)14-2-1-3-15(22)11-14;/h4-5,10,14-16H,1-3,6-9,11-12,22H2;1H. The fourth-order valence-corrected chi connectivity index (χ4v) is 4.12. The zero-order chi connectivity index (χ0) is 17.8. The normalized spacial score (nSPS) is 24.2. The van der Waals surface area contributed by atoms with E-state index >= 15 is 0 Å². The zero-order valence-electron chi connectivity index (χ0n) is 14.8. The van der Waals surface area contributed by atoms with Crippen molar-refractivity contribution >= 4 is 41.5 Å². The van der Waals surface area contributed by atoms with Gasteiger partial charge >= 0.3 is 0 Å². The van der Waals surface area contributed by atoms with Crippen molar-refractivity contribution in [1.82, 2.24) is 4.90 Å². The van der Waals surface area contributed by atoms with Crippen LogP contribution in [-0.2, 0) is 16.1 Å². The van der Waals surface area contributed by atoms with Gasteiger partial charge < -0.3 is 15.4 Å². The van der Waals surface area contributed by atoms with Crippen molar-refractivity contribution in [3.8, 4) is 0 Å². The molecule has 2 N–H and O–H groups in total. The number of carbonyl (C=O) groups excluding carboxylic acids is 1. The van der Waals surface area contributed by atoms with Crippen molar-refractivity contribution in [2.75, 3.05) is 13.1 Å². The molecular weight excluding hydrogens is 395 g/mol. The Morgan fingerprint density at radius 1 is 1.15 bits per heavy atom. The highest BCUT2D eigenvalue weighted by Crippen LogP contribution is 2.27. The number of nitrogens with two attached hydrogens (primary N) is 1. The molecule has 7 heteroatoms. The van der Waals surface area contributed by atoms with E-state index in [4.69, 9.17) is 33.7 Å². The van der Waals surface area contributed by atoms with E-state index in [0.29, 0.717) is 16.7 Å². The van der Waals surface area contributed by atoms with Crippen LogP contribution in [0, 0.1) is 5.92 Å². The summed E-state index contributed by atoms with van der Waals surface area (Å²) >= 11 is 12.0. The number of likely N-dealkylation sites (tertiary alicyclic amines) is 1. The summed E-state index contributed by atoms with van der Waals surface area (Å²) in [6.07, 6.45) is 5.90. The average molecular weight is 422 g/mol. The van der Waals surface area contributed by atoms with Crippen LogP contribution in [0.4, 0.5) is 0 Å². The molecule has 1 saturated heterocycles. The molecule has 146 valence electrons. The number of rotatable bonds is 4. The quantitative estimate of drug-likeness (QED) is 0.782. The van der Waals surface area contributed by atoms with Crippen molar-refractivity contribution in [3.05, 3.63) is 33.8 Å². The van der Waals surface area contributed by atoms with Gasteiger partial charge in [0.25, 0.3) is 0 Å². The van der Waals surface area contributed by atoms with E-state index in [2.05, 4.69) is 0 Å². The Balaban J connectivity index is 0.00000243. The molecule has 0 bridgehead atoms. The van der Waals surface area contributed by atoms with Gasteiger partial charge in [-0.3, -0.25) is 4.79 Å². The van der Waals surface area contributed by atoms with E-state index in [0.717, 1.165) is 57.2 Å². The molecule has 0 spiro atoms. The van der Waals surface area contributed by atoms with Crippen molar-refractivity contribution < 1.29 is 9.53 Å². The number of carbonyl (C=O) groups is 1. The molecule has 3 rings (SSSR count). The monoisotopic (exact) mass is 420 g/mol. The Bertz CT molecular complexity index is 606. The van der Waals surface area contributed by atoms with Crippen LogP contribution in [0.15, 0.2) is 18.2 Å². The van der Waals surface area contributed by atoms with Gasteiger partial charge in [-0.2, -0.15) is 0 Å². The SMILES string of the molecule is Cl.NC1CCCC(C(=O)N2CCC(OCc3ccc(Cl)c(Cl)c3)CC2)C1. The van der Waals surface area contributed by atoms with Crippen LogP contribution in [0.3, 0.4) is 0 Å². The van der Waals surface area contributed by atoms with Gasteiger partial charge in [-0.15, -0.1) is 12.4 Å². The molecule has 26 heavy (non-hydrogen) atoms. The molecule has 0 radical (unpaired) electrons. The topological polar surface area (TPSA) is 55.6 Å². The third-order valence-corrected chi connectivity index (χ3v) is 6.03. The summed E-state index contributed by atoms with van der Waals surface area (Å²) in [7, 11) is 0. The molecule has 1 aromatic carbocycles. The first-order valence-corrected chi connectivity index (χ1v) is 9.88. The fourth-order valence-electron chi connectivity index (χ4n) is 3.80. The van der Waals surface area contributed by atoms with Crippen LogP contribution in [0.2, 0.25) is 10.0 Å². The lowest BCUT2D eigenvalue weighted by Gasteiger charge is -2.36. The Morgan fingerprint density at radius 3 is 2.54 bits per heavy atom. The van der Waals surface area contributed by atoms with Crippen molar-refractivity contribution in [1.29, 1.82) is 0 Å². The van der Waals surface area contributed by atoms with Crippen LogP contribution >= 0.6 is 35.6 Å². The maximum Gasteiger partial charge on any atom is 0.225 e. The first-order chi connectivity index (χ1) is 12.0. The molecule has 1 aliphatic carbocycles. The van der Waals surface area contributed by atoms with E-state index in [1.165, 1.54) is 0 Å². The highest BCUT2D eigenvalue weighted by Gasteiger charge is 2.31. The lowest BCUT2D eigenvalue weighted by Crippen LogP contribution is -2.45. The fraction of sp³-hybridized carbons (Fsp3) is 0.632. The molecule has 4 nitrogen and oxygen atoms in total. The van der Waals surface area contributed by atoms with Crippen LogP contribution in [0.1, 0.15) is 44.1 Å². The second-order valence-corrected chi connectivity index (χ2v) is 8.02. The molecule has 2 atom stereocenters. The van der Waals surface area contributed by atoms with Gasteiger partial charge in [0.1, 0.15) is 0 Å². The predicted octanol–water partition coefficient (Wildman–Crippen LogP) is 4.44. The Kier molecular flexibility index (Phi) is 8.49. The zero-order valence-corrected chi connectivity index (χ0v) is 17.2. The summed E-state index contributed by atoms with van der Waals surface area (Å²) in [6, 6.07) is 5.75. The van der Waals surface area contributed by atoms with Gasteiger partial charge in [-0.05, 0) is 49.8 Å². The second kappa shape index (κ2) is 10.1. The smallest absolute Gasteiger partial charge is 0.225 e. The Labute approximate surface area is 171 Å². The van der Waals surface area contributed by atoms with Gasteiger partial charge in [0, 0.05) is 25.0 Å². The van der Waals surface area contributed by atoms with Crippen molar-refractivity contribution in [2.45, 2.75) is 57.3 Å². The molecule has 1 saturated carbocycles. The highest BCUT2D eigenvalue weighted by atomic mass is 35.5. The molecule has 2 fully saturated rings. The highest BCUT2D eigenvalue weighted by molar-refractivity contribution is 6.42. The molecule has 2 aliphatic rings. The molecule has 1 aliphatic heterocycles. The summed E-state index contributed by atoms with van der Waals surface area (Å²) < 4.78 is 5.99. The number of nitrogens with zero attached hydrogens (tertiary/aromatic N) is 1. The van der Waals surface area contributed by atoms with E-state index < -0.39 is 0 Å². The average Bonchev–Trinajstić information content (AvgIpc) is 2.62. The predicted molar refractivity (Wildman–Crippen MR) is 108 cm³/mol. The van der Waals surface area contributed by atoms with Crippen LogP contribution < -0.4 is 5.73 Å². The van der Waals surface area contributed by atoms with Crippen molar-refractivity contribution in [2.24, 2.45) is 11.7 Å². The maximum atomic E-state index is 12.7. The Hall–Kier alpha value is -0.520. The summed E-state index contributed by atoms with van der Waals surface area (Å²) in [5, 5.41) is 1.11.